The average Bonchev–Trinajstić information content (AvgIpc) is 3.02. The van der Waals surface area contributed by atoms with Crippen LogP contribution in [0.2, 0.25) is 0 Å². The molecule has 0 spiro atoms. The van der Waals surface area contributed by atoms with Gasteiger partial charge in [-0.2, -0.15) is 0 Å². The van der Waals surface area contributed by atoms with Gasteiger partial charge in [-0.1, -0.05) is 30.3 Å². The SMILES string of the molecule is CN(C)CCCNC(=O)c1ccc2nc(-c3ccccc3)[nH]c2c1. The Morgan fingerprint density at radius 1 is 1.17 bits per heavy atom. The molecule has 3 aromatic rings. The standard InChI is InChI=1S/C19H22N4O/c1-23(2)12-6-11-20-19(24)15-9-10-16-17(13-15)22-18(21-16)14-7-4-3-5-8-14/h3-5,7-10,13H,6,11-12H2,1-2H3,(H,20,24)(H,21,22). The predicted octanol–water partition coefficient (Wildman–Crippen LogP) is 2.91. The summed E-state index contributed by atoms with van der Waals surface area (Å²) in [5.41, 5.74) is 3.41. The van der Waals surface area contributed by atoms with Crippen LogP contribution in [0.1, 0.15) is 16.8 Å². The number of hydrogen-bond acceptors (Lipinski definition) is 3. The number of nitrogens with one attached hydrogen (secondary N) is 2. The summed E-state index contributed by atoms with van der Waals surface area (Å²) in [4.78, 5) is 22.2. The monoisotopic (exact) mass is 322 g/mol. The highest BCUT2D eigenvalue weighted by Gasteiger charge is 2.09. The molecule has 0 fully saturated rings. The molecule has 0 aliphatic heterocycles. The van der Waals surface area contributed by atoms with Crippen LogP contribution >= 0.6 is 0 Å². The molecule has 2 N–H and O–H groups in total. The van der Waals surface area contributed by atoms with Gasteiger partial charge in [0.15, 0.2) is 0 Å². The van der Waals surface area contributed by atoms with Crippen molar-refractivity contribution < 1.29 is 4.79 Å². The van der Waals surface area contributed by atoms with Crippen molar-refractivity contribution in [2.45, 2.75) is 6.42 Å². The predicted molar refractivity (Wildman–Crippen MR) is 97.0 cm³/mol. The minimum Gasteiger partial charge on any atom is -0.352 e. The summed E-state index contributed by atoms with van der Waals surface area (Å²) in [7, 11) is 4.05. The molecule has 0 bridgehead atoms. The van der Waals surface area contributed by atoms with Crippen LogP contribution in [-0.4, -0.2) is 48.0 Å². The number of amides is 1. The molecule has 0 radical (unpaired) electrons. The van der Waals surface area contributed by atoms with E-state index in [2.05, 4.69) is 20.2 Å². The number of aromatic amines is 1. The first-order chi connectivity index (χ1) is 11.6. The highest BCUT2D eigenvalue weighted by Crippen LogP contribution is 2.21. The summed E-state index contributed by atoms with van der Waals surface area (Å²) in [5.74, 6) is 0.764. The minimum atomic E-state index is -0.0495. The first-order valence-electron chi connectivity index (χ1n) is 8.11. The zero-order valence-electron chi connectivity index (χ0n) is 14.0. The Hall–Kier alpha value is -2.66. The minimum absolute atomic E-state index is 0.0495. The highest BCUT2D eigenvalue weighted by atomic mass is 16.1. The number of carbonyl (C=O) groups is 1. The number of fused-ring (bicyclic) bond motifs is 1. The number of nitrogens with zero attached hydrogens (tertiary/aromatic N) is 2. The molecular formula is C19H22N4O. The molecule has 0 saturated heterocycles. The van der Waals surface area contributed by atoms with E-state index < -0.39 is 0 Å². The summed E-state index contributed by atoms with van der Waals surface area (Å²) in [6.45, 7) is 1.63. The number of rotatable bonds is 6. The third kappa shape index (κ3) is 3.81. The number of hydrogen-bond donors (Lipinski definition) is 2. The molecule has 5 nitrogen and oxygen atoms in total. The lowest BCUT2D eigenvalue weighted by molar-refractivity contribution is 0.0952. The lowest BCUT2D eigenvalue weighted by atomic mass is 10.2. The van der Waals surface area contributed by atoms with E-state index >= 15 is 0 Å². The highest BCUT2D eigenvalue weighted by molar-refractivity contribution is 5.97. The zero-order valence-corrected chi connectivity index (χ0v) is 14.0. The Bertz CT molecular complexity index is 824. The van der Waals surface area contributed by atoms with E-state index in [-0.39, 0.29) is 5.91 Å². The molecule has 24 heavy (non-hydrogen) atoms. The van der Waals surface area contributed by atoms with Gasteiger partial charge in [-0.25, -0.2) is 4.98 Å². The molecule has 0 atom stereocenters. The average molecular weight is 322 g/mol. The van der Waals surface area contributed by atoms with Crippen LogP contribution in [-0.2, 0) is 0 Å². The number of H-pyrrole nitrogens is 1. The van der Waals surface area contributed by atoms with E-state index in [1.54, 1.807) is 0 Å². The first-order valence-corrected chi connectivity index (χ1v) is 8.11. The lowest BCUT2D eigenvalue weighted by Crippen LogP contribution is -2.27. The fourth-order valence-corrected chi connectivity index (χ4v) is 2.58. The second-order valence-electron chi connectivity index (χ2n) is 6.10. The second kappa shape index (κ2) is 7.27. The van der Waals surface area contributed by atoms with E-state index in [1.165, 1.54) is 0 Å². The lowest BCUT2D eigenvalue weighted by Gasteiger charge is -2.09. The quantitative estimate of drug-likeness (QED) is 0.686. The summed E-state index contributed by atoms with van der Waals surface area (Å²) in [6.07, 6.45) is 0.934. The molecule has 1 aromatic heterocycles. The van der Waals surface area contributed by atoms with Gasteiger partial charge in [-0.3, -0.25) is 4.79 Å². The van der Waals surface area contributed by atoms with Crippen LogP contribution in [0.5, 0.6) is 0 Å². The summed E-state index contributed by atoms with van der Waals surface area (Å²) in [5, 5.41) is 2.96. The van der Waals surface area contributed by atoms with E-state index in [0.717, 1.165) is 35.4 Å². The maximum atomic E-state index is 12.3. The molecular weight excluding hydrogens is 300 g/mol. The van der Waals surface area contributed by atoms with Crippen LogP contribution in [0.4, 0.5) is 0 Å². The van der Waals surface area contributed by atoms with Crippen molar-refractivity contribution in [3.63, 3.8) is 0 Å². The van der Waals surface area contributed by atoms with Gasteiger partial charge in [-0.05, 0) is 45.3 Å². The van der Waals surface area contributed by atoms with Crippen molar-refractivity contribution in [3.8, 4) is 11.4 Å². The Labute approximate surface area is 141 Å². The Kier molecular flexibility index (Phi) is 4.91. The smallest absolute Gasteiger partial charge is 0.251 e. The summed E-state index contributed by atoms with van der Waals surface area (Å²) < 4.78 is 0. The third-order valence-electron chi connectivity index (χ3n) is 3.86. The van der Waals surface area contributed by atoms with Gasteiger partial charge < -0.3 is 15.2 Å². The molecule has 124 valence electrons. The van der Waals surface area contributed by atoms with Gasteiger partial charge in [0.05, 0.1) is 11.0 Å². The molecule has 1 amide bonds. The maximum Gasteiger partial charge on any atom is 0.251 e. The molecule has 3 rings (SSSR count). The van der Waals surface area contributed by atoms with Gasteiger partial charge in [0.25, 0.3) is 5.91 Å². The number of benzene rings is 2. The van der Waals surface area contributed by atoms with Crippen molar-refractivity contribution in [2.75, 3.05) is 27.2 Å². The van der Waals surface area contributed by atoms with E-state index in [4.69, 9.17) is 0 Å². The largest absolute Gasteiger partial charge is 0.352 e. The normalized spacial score (nSPS) is 11.1. The molecule has 2 aromatic carbocycles. The summed E-state index contributed by atoms with van der Waals surface area (Å²) >= 11 is 0. The van der Waals surface area contributed by atoms with E-state index in [1.807, 2.05) is 62.6 Å². The number of aromatic nitrogens is 2. The molecule has 5 heteroatoms. The molecule has 0 unspecified atom stereocenters. The molecule has 0 saturated carbocycles. The fourth-order valence-electron chi connectivity index (χ4n) is 2.58. The van der Waals surface area contributed by atoms with Crippen molar-refractivity contribution in [2.24, 2.45) is 0 Å². The van der Waals surface area contributed by atoms with Gasteiger partial charge in [0.1, 0.15) is 5.82 Å². The van der Waals surface area contributed by atoms with E-state index in [0.29, 0.717) is 12.1 Å². The van der Waals surface area contributed by atoms with Crippen molar-refractivity contribution in [1.82, 2.24) is 20.2 Å². The topological polar surface area (TPSA) is 61.0 Å². The fraction of sp³-hybridized carbons (Fsp3) is 0.263. The van der Waals surface area contributed by atoms with Crippen molar-refractivity contribution in [1.29, 1.82) is 0 Å². The van der Waals surface area contributed by atoms with Crippen molar-refractivity contribution >= 4 is 16.9 Å². The van der Waals surface area contributed by atoms with Crippen LogP contribution in [0.3, 0.4) is 0 Å². The second-order valence-corrected chi connectivity index (χ2v) is 6.10. The van der Waals surface area contributed by atoms with Crippen LogP contribution < -0.4 is 5.32 Å². The molecule has 0 aliphatic rings. The Morgan fingerprint density at radius 3 is 2.71 bits per heavy atom. The molecule has 1 heterocycles. The van der Waals surface area contributed by atoms with Gasteiger partial charge in [-0.15, -0.1) is 0 Å². The van der Waals surface area contributed by atoms with Crippen LogP contribution in [0, 0.1) is 0 Å². The summed E-state index contributed by atoms with van der Waals surface area (Å²) in [6, 6.07) is 15.5. The van der Waals surface area contributed by atoms with Gasteiger partial charge in [0, 0.05) is 17.7 Å². The Balaban J connectivity index is 1.73. The zero-order chi connectivity index (χ0) is 16.9. The third-order valence-corrected chi connectivity index (χ3v) is 3.86. The van der Waals surface area contributed by atoms with Crippen LogP contribution in [0.15, 0.2) is 48.5 Å². The van der Waals surface area contributed by atoms with Gasteiger partial charge >= 0.3 is 0 Å². The first kappa shape index (κ1) is 16.2. The number of imidazole rings is 1. The van der Waals surface area contributed by atoms with E-state index in [9.17, 15) is 4.79 Å². The van der Waals surface area contributed by atoms with Crippen molar-refractivity contribution in [3.05, 3.63) is 54.1 Å². The van der Waals surface area contributed by atoms with Crippen LogP contribution in [0.25, 0.3) is 22.4 Å². The maximum absolute atomic E-state index is 12.3. The Morgan fingerprint density at radius 2 is 1.96 bits per heavy atom. The number of carbonyl (C=O) groups excluding carboxylic acids is 1. The van der Waals surface area contributed by atoms with Gasteiger partial charge in [0.2, 0.25) is 0 Å². The molecule has 0 aliphatic carbocycles.